The number of anilines is 2. The van der Waals surface area contributed by atoms with E-state index in [0.29, 0.717) is 11.8 Å². The van der Waals surface area contributed by atoms with E-state index >= 15 is 0 Å². The highest BCUT2D eigenvalue weighted by Crippen LogP contribution is 2.50. The van der Waals surface area contributed by atoms with E-state index in [-0.39, 0.29) is 6.04 Å². The molecular formula is C41H26N2OS. The van der Waals surface area contributed by atoms with Gasteiger partial charge in [-0.3, -0.25) is 0 Å². The molecule has 4 heteroatoms. The second kappa shape index (κ2) is 9.52. The van der Waals surface area contributed by atoms with Crippen molar-refractivity contribution >= 4 is 64.8 Å². The first kappa shape index (κ1) is 24.9. The lowest BCUT2D eigenvalue weighted by atomic mass is 9.88. The SMILES string of the molecule is C1=CC2c3c(ccc4ccccc34)N(c3ccc(-c4nc5ccc6sc7cc(-c8ccccc8)ccc7c6c5o4)cc3)C2C=C1. The van der Waals surface area contributed by atoms with Crippen molar-refractivity contribution < 1.29 is 4.42 Å². The van der Waals surface area contributed by atoms with Gasteiger partial charge in [-0.05, 0) is 76.0 Å². The highest BCUT2D eigenvalue weighted by molar-refractivity contribution is 7.26. The zero-order valence-corrected chi connectivity index (χ0v) is 25.0. The topological polar surface area (TPSA) is 29.3 Å². The second-order valence-electron chi connectivity index (χ2n) is 11.9. The minimum Gasteiger partial charge on any atom is -0.435 e. The molecule has 10 rings (SSSR count). The first-order valence-electron chi connectivity index (χ1n) is 15.4. The molecule has 1 aliphatic heterocycles. The molecule has 8 aromatic rings. The molecule has 3 heterocycles. The van der Waals surface area contributed by atoms with Crippen LogP contribution in [0.25, 0.3) is 64.6 Å². The number of hydrogen-bond donors (Lipinski definition) is 0. The van der Waals surface area contributed by atoms with Gasteiger partial charge in [0.2, 0.25) is 5.89 Å². The second-order valence-corrected chi connectivity index (χ2v) is 13.0. The van der Waals surface area contributed by atoms with Crippen molar-refractivity contribution in [2.45, 2.75) is 12.0 Å². The summed E-state index contributed by atoms with van der Waals surface area (Å²) in [6.07, 6.45) is 9.03. The van der Waals surface area contributed by atoms with Gasteiger partial charge in [0.25, 0.3) is 0 Å². The van der Waals surface area contributed by atoms with Gasteiger partial charge < -0.3 is 9.32 Å². The predicted molar refractivity (Wildman–Crippen MR) is 189 cm³/mol. The smallest absolute Gasteiger partial charge is 0.227 e. The van der Waals surface area contributed by atoms with E-state index in [0.717, 1.165) is 22.0 Å². The molecule has 3 nitrogen and oxygen atoms in total. The molecule has 0 saturated carbocycles. The van der Waals surface area contributed by atoms with Crippen molar-refractivity contribution in [2.24, 2.45) is 0 Å². The maximum atomic E-state index is 6.57. The van der Waals surface area contributed by atoms with Crippen molar-refractivity contribution in [3.8, 4) is 22.6 Å². The summed E-state index contributed by atoms with van der Waals surface area (Å²) in [5, 5.41) is 4.98. The Hall–Kier alpha value is -5.45. The highest BCUT2D eigenvalue weighted by Gasteiger charge is 2.38. The lowest BCUT2D eigenvalue weighted by Crippen LogP contribution is -2.28. The molecule has 0 radical (unpaired) electrons. The lowest BCUT2D eigenvalue weighted by molar-refractivity contribution is 0.623. The Morgan fingerprint density at radius 1 is 0.644 bits per heavy atom. The highest BCUT2D eigenvalue weighted by atomic mass is 32.1. The number of hydrogen-bond acceptors (Lipinski definition) is 4. The summed E-state index contributed by atoms with van der Waals surface area (Å²) in [5.74, 6) is 0.968. The molecule has 0 spiro atoms. The van der Waals surface area contributed by atoms with Crippen LogP contribution in [-0.4, -0.2) is 11.0 Å². The molecule has 212 valence electrons. The molecule has 0 bridgehead atoms. The van der Waals surface area contributed by atoms with E-state index in [2.05, 4.69) is 151 Å². The average Bonchev–Trinajstić information content (AvgIpc) is 3.80. The molecule has 0 amide bonds. The van der Waals surface area contributed by atoms with Gasteiger partial charge in [0.15, 0.2) is 5.58 Å². The third-order valence-electron chi connectivity index (χ3n) is 9.43. The zero-order chi connectivity index (χ0) is 29.5. The quantitative estimate of drug-likeness (QED) is 0.204. The molecular weight excluding hydrogens is 569 g/mol. The molecule has 2 aromatic heterocycles. The summed E-state index contributed by atoms with van der Waals surface area (Å²) in [6, 6.07) is 43.7. The van der Waals surface area contributed by atoms with Crippen LogP contribution >= 0.6 is 11.3 Å². The summed E-state index contributed by atoms with van der Waals surface area (Å²) in [7, 11) is 0. The van der Waals surface area contributed by atoms with Gasteiger partial charge >= 0.3 is 0 Å². The van der Waals surface area contributed by atoms with Crippen molar-refractivity contribution in [1.29, 1.82) is 0 Å². The normalized spacial score (nSPS) is 17.1. The summed E-state index contributed by atoms with van der Waals surface area (Å²) >= 11 is 1.81. The van der Waals surface area contributed by atoms with Gasteiger partial charge in [-0.2, -0.15) is 0 Å². The fourth-order valence-electron chi connectivity index (χ4n) is 7.37. The Kier molecular flexibility index (Phi) is 5.28. The summed E-state index contributed by atoms with van der Waals surface area (Å²) in [6.45, 7) is 0. The van der Waals surface area contributed by atoms with Crippen LogP contribution in [0.1, 0.15) is 11.5 Å². The minimum atomic E-state index is 0.244. The fraction of sp³-hybridized carbons (Fsp3) is 0.0488. The number of oxazole rings is 1. The standard InChI is InChI=1S/C41H26N2OS/c1-2-8-25(9-3-1)28-16-20-32-37(24-28)45-36-23-21-33-40(39(32)36)44-41(42-33)27-14-18-29(19-15-27)43-34-13-7-6-12-31(34)38-30-11-5-4-10-26(30)17-22-35(38)43/h1-24,31,34H. The van der Waals surface area contributed by atoms with Gasteiger partial charge in [0.05, 0.1) is 6.04 Å². The molecule has 0 saturated heterocycles. The molecule has 1 aliphatic carbocycles. The lowest BCUT2D eigenvalue weighted by Gasteiger charge is -2.28. The molecule has 2 atom stereocenters. The number of thiophene rings is 1. The summed E-state index contributed by atoms with van der Waals surface area (Å²) in [5.41, 5.74) is 9.01. The van der Waals surface area contributed by atoms with Crippen molar-refractivity contribution in [3.05, 3.63) is 151 Å². The number of nitrogens with zero attached hydrogens (tertiary/aromatic N) is 2. The van der Waals surface area contributed by atoms with Crippen molar-refractivity contribution in [3.63, 3.8) is 0 Å². The largest absolute Gasteiger partial charge is 0.435 e. The molecule has 0 N–H and O–H groups in total. The number of rotatable bonds is 3. The third kappa shape index (κ3) is 3.73. The first-order chi connectivity index (χ1) is 22.3. The monoisotopic (exact) mass is 594 g/mol. The van der Waals surface area contributed by atoms with E-state index in [9.17, 15) is 0 Å². The van der Waals surface area contributed by atoms with E-state index in [1.807, 2.05) is 0 Å². The Morgan fingerprint density at radius 2 is 1.47 bits per heavy atom. The van der Waals surface area contributed by atoms with E-state index in [1.165, 1.54) is 53.6 Å². The van der Waals surface area contributed by atoms with E-state index < -0.39 is 0 Å². The Morgan fingerprint density at radius 3 is 2.38 bits per heavy atom. The van der Waals surface area contributed by atoms with Gasteiger partial charge in [-0.1, -0.05) is 97.1 Å². The zero-order valence-electron chi connectivity index (χ0n) is 24.2. The molecule has 6 aromatic carbocycles. The van der Waals surface area contributed by atoms with Crippen LogP contribution in [0.3, 0.4) is 0 Å². The number of benzene rings is 6. The summed E-state index contributed by atoms with van der Waals surface area (Å²) in [4.78, 5) is 7.43. The van der Waals surface area contributed by atoms with Crippen LogP contribution in [0.5, 0.6) is 0 Å². The minimum absolute atomic E-state index is 0.244. The van der Waals surface area contributed by atoms with Gasteiger partial charge in [0, 0.05) is 43.0 Å². The third-order valence-corrected chi connectivity index (χ3v) is 10.6. The number of allylic oxidation sites excluding steroid dienone is 2. The Balaban J connectivity index is 1.05. The summed E-state index contributed by atoms with van der Waals surface area (Å²) < 4.78 is 9.03. The van der Waals surface area contributed by atoms with Crippen LogP contribution in [-0.2, 0) is 0 Å². The van der Waals surface area contributed by atoms with Crippen LogP contribution in [0.4, 0.5) is 11.4 Å². The molecule has 2 aliphatic rings. The van der Waals surface area contributed by atoms with Crippen LogP contribution in [0, 0.1) is 0 Å². The number of aromatic nitrogens is 1. The first-order valence-corrected chi connectivity index (χ1v) is 16.2. The van der Waals surface area contributed by atoms with E-state index in [1.54, 1.807) is 11.3 Å². The predicted octanol–water partition coefficient (Wildman–Crippen LogP) is 11.4. The molecule has 45 heavy (non-hydrogen) atoms. The number of fused-ring (bicyclic) bond motifs is 10. The van der Waals surface area contributed by atoms with Gasteiger partial charge in [-0.15, -0.1) is 11.3 Å². The maximum absolute atomic E-state index is 6.57. The van der Waals surface area contributed by atoms with Crippen LogP contribution in [0.15, 0.2) is 150 Å². The molecule has 0 fully saturated rings. The molecule has 2 unspecified atom stereocenters. The average molecular weight is 595 g/mol. The van der Waals surface area contributed by atoms with Gasteiger partial charge in [-0.25, -0.2) is 4.98 Å². The van der Waals surface area contributed by atoms with Crippen molar-refractivity contribution in [2.75, 3.05) is 4.90 Å². The van der Waals surface area contributed by atoms with E-state index in [4.69, 9.17) is 9.40 Å². The Bertz CT molecular complexity index is 2500. The fourth-order valence-corrected chi connectivity index (χ4v) is 8.51. The van der Waals surface area contributed by atoms with Gasteiger partial charge in [0.1, 0.15) is 5.52 Å². The van der Waals surface area contributed by atoms with Crippen LogP contribution < -0.4 is 4.90 Å². The maximum Gasteiger partial charge on any atom is 0.227 e. The van der Waals surface area contributed by atoms with Crippen molar-refractivity contribution in [1.82, 2.24) is 4.98 Å². The van der Waals surface area contributed by atoms with Crippen LogP contribution in [0.2, 0.25) is 0 Å². The Labute approximate surface area is 264 Å².